The van der Waals surface area contributed by atoms with Gasteiger partial charge >= 0.3 is 6.03 Å². The van der Waals surface area contributed by atoms with Gasteiger partial charge in [-0.1, -0.05) is 11.6 Å². The highest BCUT2D eigenvalue weighted by Crippen LogP contribution is 2.48. The highest BCUT2D eigenvalue weighted by molar-refractivity contribution is 6.31. The van der Waals surface area contributed by atoms with Gasteiger partial charge in [-0.25, -0.2) is 13.6 Å². The Labute approximate surface area is 204 Å². The Hall–Kier alpha value is -4.11. The average molecular weight is 500 g/mol. The summed E-state index contributed by atoms with van der Waals surface area (Å²) < 4.78 is 43.8. The maximum Gasteiger partial charge on any atom is 0.323 e. The zero-order chi connectivity index (χ0) is 25.1. The predicted molar refractivity (Wildman–Crippen MR) is 131 cm³/mol. The van der Waals surface area contributed by atoms with Gasteiger partial charge < -0.3 is 24.8 Å². The number of benzene rings is 3. The second-order valence-electron chi connectivity index (χ2n) is 7.29. The number of methoxy groups -OCH3 is 3. The first-order valence-corrected chi connectivity index (χ1v) is 10.6. The van der Waals surface area contributed by atoms with E-state index < -0.39 is 17.7 Å². The quantitative estimate of drug-likeness (QED) is 0.316. The van der Waals surface area contributed by atoms with Crippen LogP contribution < -0.4 is 24.8 Å². The number of amides is 2. The lowest BCUT2D eigenvalue weighted by Gasteiger charge is -2.19. The van der Waals surface area contributed by atoms with E-state index in [9.17, 15) is 13.6 Å². The zero-order valence-electron chi connectivity index (χ0n) is 18.9. The molecular formula is C25H20ClF2N3O4. The molecule has 0 saturated heterocycles. The van der Waals surface area contributed by atoms with Gasteiger partial charge in [0, 0.05) is 27.6 Å². The van der Waals surface area contributed by atoms with Crippen molar-refractivity contribution in [3.8, 4) is 28.4 Å². The summed E-state index contributed by atoms with van der Waals surface area (Å²) in [5.41, 5.74) is 1.79. The molecule has 1 aromatic heterocycles. The van der Waals surface area contributed by atoms with Gasteiger partial charge in [0.05, 0.1) is 44.4 Å². The lowest BCUT2D eigenvalue weighted by Crippen LogP contribution is -2.21. The van der Waals surface area contributed by atoms with Crippen LogP contribution in [0, 0.1) is 11.6 Å². The Kier molecular flexibility index (Phi) is 6.88. The molecule has 1 heterocycles. The van der Waals surface area contributed by atoms with E-state index in [0.29, 0.717) is 50.4 Å². The van der Waals surface area contributed by atoms with Gasteiger partial charge in [0.1, 0.15) is 11.6 Å². The molecular weight excluding hydrogens is 480 g/mol. The van der Waals surface area contributed by atoms with Crippen molar-refractivity contribution in [2.75, 3.05) is 32.0 Å². The van der Waals surface area contributed by atoms with E-state index in [0.717, 1.165) is 12.1 Å². The van der Waals surface area contributed by atoms with Gasteiger partial charge in [-0.15, -0.1) is 0 Å². The number of rotatable bonds is 6. The van der Waals surface area contributed by atoms with Crippen LogP contribution in [0.1, 0.15) is 0 Å². The third-order valence-electron chi connectivity index (χ3n) is 5.23. The second-order valence-corrected chi connectivity index (χ2v) is 7.73. The van der Waals surface area contributed by atoms with E-state index in [1.54, 1.807) is 30.3 Å². The first-order valence-electron chi connectivity index (χ1n) is 10.3. The molecule has 7 nitrogen and oxygen atoms in total. The second kappa shape index (κ2) is 10.0. The molecule has 0 aliphatic heterocycles. The Morgan fingerprint density at radius 1 is 0.886 bits per heavy atom. The van der Waals surface area contributed by atoms with Crippen molar-refractivity contribution >= 4 is 39.9 Å². The molecule has 0 aliphatic rings. The fraction of sp³-hybridized carbons (Fsp3) is 0.120. The molecule has 2 amide bonds. The fourth-order valence-electron chi connectivity index (χ4n) is 3.71. The summed E-state index contributed by atoms with van der Waals surface area (Å²) >= 11 is 6.28. The van der Waals surface area contributed by atoms with Crippen LogP contribution in [-0.4, -0.2) is 32.3 Å². The third-order valence-corrected chi connectivity index (χ3v) is 5.47. The van der Waals surface area contributed by atoms with Crippen molar-refractivity contribution in [2.24, 2.45) is 0 Å². The van der Waals surface area contributed by atoms with Crippen molar-refractivity contribution in [1.29, 1.82) is 0 Å². The minimum atomic E-state index is -0.912. The summed E-state index contributed by atoms with van der Waals surface area (Å²) in [6.45, 7) is 0. The third kappa shape index (κ3) is 4.76. The SMILES string of the molecule is COc1ccc(-c2c(NC(=O)Nc3ccc(F)cc3F)cnc3ccc(Cl)cc23)c(OC)c1OC. The minimum absolute atomic E-state index is 0.189. The smallest absolute Gasteiger partial charge is 0.323 e. The fourth-order valence-corrected chi connectivity index (χ4v) is 3.89. The first kappa shape index (κ1) is 24.0. The molecule has 0 unspecified atom stereocenters. The highest BCUT2D eigenvalue weighted by atomic mass is 35.5. The van der Waals surface area contributed by atoms with E-state index >= 15 is 0 Å². The van der Waals surface area contributed by atoms with Crippen LogP contribution in [-0.2, 0) is 0 Å². The van der Waals surface area contributed by atoms with Gasteiger partial charge in [0.15, 0.2) is 11.5 Å². The van der Waals surface area contributed by atoms with Crippen LogP contribution in [0.4, 0.5) is 25.0 Å². The minimum Gasteiger partial charge on any atom is -0.493 e. The van der Waals surface area contributed by atoms with Crippen LogP contribution >= 0.6 is 11.6 Å². The number of anilines is 2. The molecule has 4 aromatic rings. The molecule has 0 bridgehead atoms. The number of nitrogens with zero attached hydrogens (tertiary/aromatic N) is 1. The number of fused-ring (bicyclic) bond motifs is 1. The summed E-state index contributed by atoms with van der Waals surface area (Å²) in [5, 5.41) is 6.13. The largest absolute Gasteiger partial charge is 0.493 e. The standard InChI is InChI=1S/C25H20ClF2N3O4/c1-33-21-9-6-15(23(34-2)24(21)35-3)22-16-10-13(26)4-7-18(16)29-12-20(22)31-25(32)30-19-8-5-14(27)11-17(19)28/h4-12H,1-3H3,(H2,30,31,32). The van der Waals surface area contributed by atoms with Crippen molar-refractivity contribution < 1.29 is 27.8 Å². The van der Waals surface area contributed by atoms with E-state index in [4.69, 9.17) is 25.8 Å². The number of ether oxygens (including phenoxy) is 3. The number of halogens is 3. The predicted octanol–water partition coefficient (Wildman–Crippen LogP) is 6.50. The number of carbonyl (C=O) groups is 1. The van der Waals surface area contributed by atoms with Crippen molar-refractivity contribution in [2.45, 2.75) is 0 Å². The van der Waals surface area contributed by atoms with E-state index in [1.807, 2.05) is 0 Å². The van der Waals surface area contributed by atoms with Gasteiger partial charge in [-0.05, 0) is 42.5 Å². The number of carbonyl (C=O) groups excluding carboxylic acids is 1. The molecule has 2 N–H and O–H groups in total. The molecule has 0 saturated carbocycles. The summed E-state index contributed by atoms with van der Waals surface area (Å²) in [7, 11) is 4.47. The van der Waals surface area contributed by atoms with Gasteiger partial charge in [0.25, 0.3) is 0 Å². The molecule has 0 spiro atoms. The van der Waals surface area contributed by atoms with Crippen molar-refractivity contribution in [1.82, 2.24) is 4.98 Å². The Balaban J connectivity index is 1.86. The maximum absolute atomic E-state index is 14.0. The average Bonchev–Trinajstić information content (AvgIpc) is 2.84. The number of aromatic nitrogens is 1. The molecule has 180 valence electrons. The summed E-state index contributed by atoms with van der Waals surface area (Å²) in [6, 6.07) is 10.7. The zero-order valence-corrected chi connectivity index (χ0v) is 19.7. The first-order chi connectivity index (χ1) is 16.9. The summed E-state index contributed by atoms with van der Waals surface area (Å²) in [4.78, 5) is 17.2. The van der Waals surface area contributed by atoms with Gasteiger partial charge in [-0.2, -0.15) is 0 Å². The summed E-state index contributed by atoms with van der Waals surface area (Å²) in [6.07, 6.45) is 1.46. The Bertz CT molecular complexity index is 1430. The number of hydrogen-bond donors (Lipinski definition) is 2. The van der Waals surface area contributed by atoms with Crippen molar-refractivity contribution in [3.05, 3.63) is 71.4 Å². The van der Waals surface area contributed by atoms with Gasteiger partial charge in [0.2, 0.25) is 5.75 Å². The normalized spacial score (nSPS) is 10.7. The molecule has 4 rings (SSSR count). The lowest BCUT2D eigenvalue weighted by atomic mass is 9.97. The van der Waals surface area contributed by atoms with Crippen LogP contribution in [0.15, 0.2) is 54.7 Å². The molecule has 0 radical (unpaired) electrons. The number of urea groups is 1. The van der Waals surface area contributed by atoms with E-state index in [1.165, 1.54) is 27.5 Å². The lowest BCUT2D eigenvalue weighted by molar-refractivity contribution is 0.262. The molecule has 0 atom stereocenters. The molecule has 0 aliphatic carbocycles. The number of hydrogen-bond acceptors (Lipinski definition) is 5. The van der Waals surface area contributed by atoms with Crippen LogP contribution in [0.3, 0.4) is 0 Å². The van der Waals surface area contributed by atoms with Crippen LogP contribution in [0.5, 0.6) is 17.2 Å². The van der Waals surface area contributed by atoms with Crippen LogP contribution in [0.2, 0.25) is 5.02 Å². The molecule has 0 fully saturated rings. The van der Waals surface area contributed by atoms with Crippen LogP contribution in [0.25, 0.3) is 22.0 Å². The maximum atomic E-state index is 14.0. The molecule has 3 aromatic carbocycles. The Morgan fingerprint density at radius 3 is 2.31 bits per heavy atom. The van der Waals surface area contributed by atoms with E-state index in [2.05, 4.69) is 15.6 Å². The molecule has 10 heteroatoms. The molecule has 35 heavy (non-hydrogen) atoms. The monoisotopic (exact) mass is 499 g/mol. The number of nitrogens with one attached hydrogen (secondary N) is 2. The highest BCUT2D eigenvalue weighted by Gasteiger charge is 2.22. The Morgan fingerprint density at radius 2 is 1.63 bits per heavy atom. The van der Waals surface area contributed by atoms with Crippen molar-refractivity contribution in [3.63, 3.8) is 0 Å². The van der Waals surface area contributed by atoms with E-state index in [-0.39, 0.29) is 11.4 Å². The topological polar surface area (TPSA) is 81.7 Å². The number of pyridine rings is 1. The van der Waals surface area contributed by atoms with Gasteiger partial charge in [-0.3, -0.25) is 4.98 Å². The summed E-state index contributed by atoms with van der Waals surface area (Å²) in [5.74, 6) is -0.517.